The van der Waals surface area contributed by atoms with Crippen LogP contribution in [-0.4, -0.2) is 55.7 Å². The van der Waals surface area contributed by atoms with Crippen molar-refractivity contribution < 1.29 is 17.9 Å². The van der Waals surface area contributed by atoms with Gasteiger partial charge in [0.1, 0.15) is 4.90 Å². The van der Waals surface area contributed by atoms with Crippen molar-refractivity contribution >= 4 is 15.9 Å². The van der Waals surface area contributed by atoms with Crippen LogP contribution in [0.15, 0.2) is 4.90 Å². The fraction of sp³-hybridized carbons (Fsp3) is 0.667. The summed E-state index contributed by atoms with van der Waals surface area (Å²) in [5.41, 5.74) is 0.162. The predicted molar refractivity (Wildman–Crippen MR) is 77.4 cm³/mol. The first-order chi connectivity index (χ1) is 9.73. The summed E-state index contributed by atoms with van der Waals surface area (Å²) in [7, 11) is -2.50. The third-order valence-electron chi connectivity index (χ3n) is 3.05. The van der Waals surface area contributed by atoms with Crippen LogP contribution < -0.4 is 5.14 Å². The Morgan fingerprint density at radius 1 is 1.48 bits per heavy atom. The Morgan fingerprint density at radius 2 is 2.10 bits per heavy atom. The number of carbonyl (C=O) groups is 1. The molecule has 0 unspecified atom stereocenters. The highest BCUT2D eigenvalue weighted by molar-refractivity contribution is 7.89. The van der Waals surface area contributed by atoms with Crippen LogP contribution in [0.1, 0.15) is 37.0 Å². The normalized spacial score (nSPS) is 11.9. The summed E-state index contributed by atoms with van der Waals surface area (Å²) in [6.07, 6.45) is 0.381. The Kier molecular flexibility index (Phi) is 5.87. The van der Waals surface area contributed by atoms with Gasteiger partial charge in [-0.05, 0) is 20.3 Å². The first-order valence-corrected chi connectivity index (χ1v) is 8.18. The van der Waals surface area contributed by atoms with Crippen LogP contribution in [0, 0.1) is 0 Å². The van der Waals surface area contributed by atoms with E-state index < -0.39 is 15.9 Å². The molecular formula is C12H22N4O4S. The van der Waals surface area contributed by atoms with Gasteiger partial charge in [-0.25, -0.2) is 13.6 Å². The molecule has 0 atom stereocenters. The van der Waals surface area contributed by atoms with Gasteiger partial charge in [0.15, 0.2) is 5.69 Å². The van der Waals surface area contributed by atoms with E-state index in [4.69, 9.17) is 9.88 Å². The molecule has 120 valence electrons. The minimum atomic E-state index is -4.03. The molecule has 0 spiro atoms. The van der Waals surface area contributed by atoms with Gasteiger partial charge in [0, 0.05) is 19.7 Å². The van der Waals surface area contributed by atoms with Crippen molar-refractivity contribution in [2.75, 3.05) is 20.3 Å². The van der Waals surface area contributed by atoms with Gasteiger partial charge in [-0.15, -0.1) is 0 Å². The van der Waals surface area contributed by atoms with E-state index in [1.165, 1.54) is 12.0 Å². The van der Waals surface area contributed by atoms with Gasteiger partial charge in [-0.1, -0.05) is 6.92 Å². The molecule has 0 aromatic carbocycles. The second kappa shape index (κ2) is 7.01. The number of amides is 1. The lowest BCUT2D eigenvalue weighted by molar-refractivity contribution is 0.0625. The molecule has 0 saturated carbocycles. The van der Waals surface area contributed by atoms with Crippen molar-refractivity contribution in [2.45, 2.75) is 38.1 Å². The van der Waals surface area contributed by atoms with E-state index >= 15 is 0 Å². The maximum absolute atomic E-state index is 12.6. The molecule has 21 heavy (non-hydrogen) atoms. The number of sulfonamides is 1. The first kappa shape index (κ1) is 17.6. The number of hydrogen-bond acceptors (Lipinski definition) is 5. The van der Waals surface area contributed by atoms with Crippen LogP contribution in [0.5, 0.6) is 0 Å². The van der Waals surface area contributed by atoms with Crippen LogP contribution >= 0.6 is 0 Å². The third kappa shape index (κ3) is 4.02. The molecule has 0 bridgehead atoms. The molecule has 1 heterocycles. The van der Waals surface area contributed by atoms with Crippen LogP contribution in [0.4, 0.5) is 0 Å². The molecule has 0 aliphatic carbocycles. The summed E-state index contributed by atoms with van der Waals surface area (Å²) >= 11 is 0. The lowest BCUT2D eigenvalue weighted by Crippen LogP contribution is -2.40. The van der Waals surface area contributed by atoms with Gasteiger partial charge >= 0.3 is 0 Å². The first-order valence-electron chi connectivity index (χ1n) is 6.63. The number of methoxy groups -OCH3 is 1. The smallest absolute Gasteiger partial charge is 0.276 e. The Labute approximate surface area is 124 Å². The molecule has 0 radical (unpaired) electrons. The van der Waals surface area contributed by atoms with Crippen molar-refractivity contribution in [3.63, 3.8) is 0 Å². The number of ether oxygens (including phenoxy) is 1. The zero-order chi connectivity index (χ0) is 16.2. The highest BCUT2D eigenvalue weighted by Crippen LogP contribution is 2.19. The number of rotatable bonds is 7. The van der Waals surface area contributed by atoms with Crippen LogP contribution in [0.25, 0.3) is 0 Å². The largest absolute Gasteiger partial charge is 0.383 e. The Morgan fingerprint density at radius 3 is 2.52 bits per heavy atom. The molecule has 0 aliphatic rings. The predicted octanol–water partition coefficient (Wildman–Crippen LogP) is 0.117. The lowest BCUT2D eigenvalue weighted by atomic mass is 10.2. The maximum Gasteiger partial charge on any atom is 0.276 e. The SMILES string of the molecule is CCc1[nH]nc(C(=O)N(CCOC)C(C)C)c1S(N)(=O)=O. The van der Waals surface area contributed by atoms with E-state index in [2.05, 4.69) is 10.2 Å². The zero-order valence-corrected chi connectivity index (χ0v) is 13.5. The molecule has 1 rings (SSSR count). The number of nitrogens with zero attached hydrogens (tertiary/aromatic N) is 2. The number of aromatic nitrogens is 2. The van der Waals surface area contributed by atoms with E-state index in [1.54, 1.807) is 6.92 Å². The van der Waals surface area contributed by atoms with Crippen LogP contribution in [-0.2, 0) is 21.2 Å². The summed E-state index contributed by atoms with van der Waals surface area (Å²) in [4.78, 5) is 13.8. The Bertz CT molecular complexity index is 594. The van der Waals surface area contributed by atoms with Crippen molar-refractivity contribution in [3.8, 4) is 0 Å². The van der Waals surface area contributed by atoms with Gasteiger partial charge in [0.2, 0.25) is 10.0 Å². The van der Waals surface area contributed by atoms with Gasteiger partial charge in [-0.2, -0.15) is 5.10 Å². The number of H-pyrrole nitrogens is 1. The standard InChI is InChI=1S/C12H22N4O4S/c1-5-9-11(21(13,18)19)10(15-14-9)12(17)16(8(2)3)6-7-20-4/h8H,5-7H2,1-4H3,(H,14,15)(H2,13,18,19). The molecule has 1 aromatic rings. The number of primary sulfonamides is 1. The average molecular weight is 318 g/mol. The molecule has 0 saturated heterocycles. The number of carbonyl (C=O) groups excluding carboxylic acids is 1. The monoisotopic (exact) mass is 318 g/mol. The van der Waals surface area contributed by atoms with Crippen molar-refractivity contribution in [3.05, 3.63) is 11.4 Å². The van der Waals surface area contributed by atoms with E-state index in [0.717, 1.165) is 0 Å². The fourth-order valence-corrected chi connectivity index (χ4v) is 2.91. The van der Waals surface area contributed by atoms with Crippen LogP contribution in [0.3, 0.4) is 0 Å². The van der Waals surface area contributed by atoms with Crippen molar-refractivity contribution in [2.24, 2.45) is 5.14 Å². The zero-order valence-electron chi connectivity index (χ0n) is 12.7. The molecular weight excluding hydrogens is 296 g/mol. The summed E-state index contributed by atoms with van der Waals surface area (Å²) in [6.45, 7) is 6.10. The Balaban J connectivity index is 3.26. The quantitative estimate of drug-likeness (QED) is 0.740. The molecule has 1 amide bonds. The van der Waals surface area contributed by atoms with Gasteiger partial charge < -0.3 is 9.64 Å². The molecule has 8 nitrogen and oxygen atoms in total. The number of nitrogens with two attached hydrogens (primary N) is 1. The van der Waals surface area contributed by atoms with E-state index in [1.807, 2.05) is 13.8 Å². The lowest BCUT2D eigenvalue weighted by Gasteiger charge is -2.25. The molecule has 0 fully saturated rings. The molecule has 3 N–H and O–H groups in total. The van der Waals surface area contributed by atoms with Crippen molar-refractivity contribution in [1.82, 2.24) is 15.1 Å². The van der Waals surface area contributed by atoms with E-state index in [0.29, 0.717) is 25.3 Å². The van der Waals surface area contributed by atoms with E-state index in [9.17, 15) is 13.2 Å². The fourth-order valence-electron chi connectivity index (χ4n) is 1.98. The highest BCUT2D eigenvalue weighted by atomic mass is 32.2. The summed E-state index contributed by atoms with van der Waals surface area (Å²) in [6, 6.07) is -0.122. The number of hydrogen-bond donors (Lipinski definition) is 2. The van der Waals surface area contributed by atoms with Gasteiger partial charge in [0.05, 0.1) is 12.3 Å². The van der Waals surface area contributed by atoms with Gasteiger partial charge in [0.25, 0.3) is 5.91 Å². The third-order valence-corrected chi connectivity index (χ3v) is 4.06. The average Bonchev–Trinajstić information content (AvgIpc) is 2.82. The topological polar surface area (TPSA) is 118 Å². The minimum Gasteiger partial charge on any atom is -0.383 e. The summed E-state index contributed by atoms with van der Waals surface area (Å²) in [5, 5.41) is 11.6. The Hall–Kier alpha value is -1.45. The number of nitrogens with one attached hydrogen (secondary N) is 1. The summed E-state index contributed by atoms with van der Waals surface area (Å²) < 4.78 is 28.4. The van der Waals surface area contributed by atoms with Crippen molar-refractivity contribution in [1.29, 1.82) is 0 Å². The number of aryl methyl sites for hydroxylation is 1. The highest BCUT2D eigenvalue weighted by Gasteiger charge is 2.30. The molecule has 1 aromatic heterocycles. The maximum atomic E-state index is 12.6. The summed E-state index contributed by atoms with van der Waals surface area (Å²) in [5.74, 6) is -0.484. The van der Waals surface area contributed by atoms with Crippen LogP contribution in [0.2, 0.25) is 0 Å². The molecule has 9 heteroatoms. The number of aromatic amines is 1. The van der Waals surface area contributed by atoms with E-state index in [-0.39, 0.29) is 16.6 Å². The molecule has 0 aliphatic heterocycles. The second-order valence-electron chi connectivity index (χ2n) is 4.86. The second-order valence-corrected chi connectivity index (χ2v) is 6.36. The van der Waals surface area contributed by atoms with Gasteiger partial charge in [-0.3, -0.25) is 9.89 Å². The minimum absolute atomic E-state index is 0.122.